The van der Waals surface area contributed by atoms with Crippen LogP contribution in [0.1, 0.15) is 29.7 Å². The van der Waals surface area contributed by atoms with Gasteiger partial charge >= 0.3 is 0 Å². The summed E-state index contributed by atoms with van der Waals surface area (Å²) in [5.41, 5.74) is 7.66. The van der Waals surface area contributed by atoms with Crippen LogP contribution < -0.4 is 10.5 Å². The molecule has 0 amide bonds. The Balaban J connectivity index is 1.96. The highest BCUT2D eigenvalue weighted by Gasteiger charge is 2.27. The van der Waals surface area contributed by atoms with Crippen molar-refractivity contribution in [1.82, 2.24) is 0 Å². The van der Waals surface area contributed by atoms with Gasteiger partial charge in [-0.25, -0.2) is 4.39 Å². The van der Waals surface area contributed by atoms with Gasteiger partial charge in [0.2, 0.25) is 0 Å². The van der Waals surface area contributed by atoms with Crippen LogP contribution in [0, 0.1) is 5.82 Å². The van der Waals surface area contributed by atoms with Gasteiger partial charge in [0.25, 0.3) is 0 Å². The highest BCUT2D eigenvalue weighted by molar-refractivity contribution is 6.34. The predicted molar refractivity (Wildman–Crippen MR) is 77.8 cm³/mol. The SMILES string of the molecule is NC1CC(c2cc(Cl)cc(Cl)c2)Oc2ccc(F)cc21. The Morgan fingerprint density at radius 1 is 1.10 bits per heavy atom. The number of benzene rings is 2. The van der Waals surface area contributed by atoms with E-state index in [9.17, 15) is 4.39 Å². The first kappa shape index (κ1) is 13.7. The fourth-order valence-corrected chi connectivity index (χ4v) is 2.98. The van der Waals surface area contributed by atoms with Gasteiger partial charge in [-0.3, -0.25) is 0 Å². The summed E-state index contributed by atoms with van der Waals surface area (Å²) in [5.74, 6) is 0.290. The molecule has 0 saturated heterocycles. The standard InChI is InChI=1S/C15H12Cl2FNO/c16-9-3-8(4-10(17)5-9)15-7-13(19)12-6-11(18)1-2-14(12)20-15/h1-6,13,15H,7,19H2. The summed E-state index contributed by atoms with van der Waals surface area (Å²) in [6, 6.07) is 9.37. The normalized spacial score (nSPS) is 21.2. The second-order valence-corrected chi connectivity index (χ2v) is 5.71. The number of hydrogen-bond acceptors (Lipinski definition) is 2. The molecule has 104 valence electrons. The molecule has 2 unspecified atom stereocenters. The molecule has 0 aliphatic carbocycles. The zero-order chi connectivity index (χ0) is 14.3. The second kappa shape index (κ2) is 5.24. The molecule has 1 aliphatic heterocycles. The highest BCUT2D eigenvalue weighted by Crippen LogP contribution is 2.40. The number of nitrogens with two attached hydrogens (primary N) is 1. The van der Waals surface area contributed by atoms with Crippen molar-refractivity contribution in [2.24, 2.45) is 5.73 Å². The Morgan fingerprint density at radius 2 is 1.80 bits per heavy atom. The molecule has 0 aromatic heterocycles. The summed E-state index contributed by atoms with van der Waals surface area (Å²) in [5, 5.41) is 1.10. The van der Waals surface area contributed by atoms with E-state index in [4.69, 9.17) is 33.7 Å². The number of fused-ring (bicyclic) bond motifs is 1. The molecule has 3 rings (SSSR count). The summed E-state index contributed by atoms with van der Waals surface area (Å²) < 4.78 is 19.1. The van der Waals surface area contributed by atoms with E-state index in [0.29, 0.717) is 27.8 Å². The van der Waals surface area contributed by atoms with Crippen molar-refractivity contribution in [3.63, 3.8) is 0 Å². The fraction of sp³-hybridized carbons (Fsp3) is 0.200. The fourth-order valence-electron chi connectivity index (χ4n) is 2.44. The zero-order valence-corrected chi connectivity index (χ0v) is 12.0. The predicted octanol–water partition coefficient (Wildman–Crippen LogP) is 4.66. The quantitative estimate of drug-likeness (QED) is 0.831. The lowest BCUT2D eigenvalue weighted by molar-refractivity contribution is 0.161. The molecule has 2 atom stereocenters. The lowest BCUT2D eigenvalue weighted by Crippen LogP contribution is -2.24. The Labute approximate surface area is 126 Å². The monoisotopic (exact) mass is 311 g/mol. The Bertz CT molecular complexity index is 642. The molecule has 2 aromatic rings. The number of halogens is 3. The van der Waals surface area contributed by atoms with Gasteiger partial charge in [0.15, 0.2) is 0 Å². The molecule has 0 spiro atoms. The first-order chi connectivity index (χ1) is 9.52. The molecule has 2 aromatic carbocycles. The van der Waals surface area contributed by atoms with E-state index in [2.05, 4.69) is 0 Å². The maximum atomic E-state index is 13.2. The van der Waals surface area contributed by atoms with Crippen LogP contribution >= 0.6 is 23.2 Å². The van der Waals surface area contributed by atoms with Crippen molar-refractivity contribution >= 4 is 23.2 Å². The molecular formula is C15H12Cl2FNO. The first-order valence-electron chi connectivity index (χ1n) is 6.20. The van der Waals surface area contributed by atoms with Crippen molar-refractivity contribution in [3.8, 4) is 5.75 Å². The minimum atomic E-state index is -0.313. The minimum Gasteiger partial charge on any atom is -0.485 e. The van der Waals surface area contributed by atoms with Crippen LogP contribution in [0.25, 0.3) is 0 Å². The first-order valence-corrected chi connectivity index (χ1v) is 6.96. The third-order valence-electron chi connectivity index (χ3n) is 3.37. The van der Waals surface area contributed by atoms with Crippen LogP contribution in [0.3, 0.4) is 0 Å². The van der Waals surface area contributed by atoms with Gasteiger partial charge in [-0.2, -0.15) is 0 Å². The molecule has 1 heterocycles. The van der Waals surface area contributed by atoms with Crippen molar-refractivity contribution in [3.05, 3.63) is 63.4 Å². The molecule has 1 aliphatic rings. The second-order valence-electron chi connectivity index (χ2n) is 4.83. The van der Waals surface area contributed by atoms with E-state index in [1.165, 1.54) is 12.1 Å². The van der Waals surface area contributed by atoms with Gasteiger partial charge in [0, 0.05) is 28.1 Å². The van der Waals surface area contributed by atoms with E-state index < -0.39 is 0 Å². The summed E-state index contributed by atoms with van der Waals surface area (Å²) in [6.45, 7) is 0. The molecule has 2 N–H and O–H groups in total. The van der Waals surface area contributed by atoms with Gasteiger partial charge in [-0.1, -0.05) is 23.2 Å². The molecule has 5 heteroatoms. The molecule has 0 saturated carbocycles. The van der Waals surface area contributed by atoms with Gasteiger partial charge in [-0.15, -0.1) is 0 Å². The van der Waals surface area contributed by atoms with Gasteiger partial charge in [0.1, 0.15) is 17.7 Å². The van der Waals surface area contributed by atoms with Crippen molar-refractivity contribution < 1.29 is 9.13 Å². The van der Waals surface area contributed by atoms with Crippen LogP contribution in [0.5, 0.6) is 5.75 Å². The number of hydrogen-bond donors (Lipinski definition) is 1. The minimum absolute atomic E-state index is 0.237. The third kappa shape index (κ3) is 2.62. The van der Waals surface area contributed by atoms with Crippen LogP contribution in [0.4, 0.5) is 4.39 Å². The van der Waals surface area contributed by atoms with Crippen molar-refractivity contribution in [2.75, 3.05) is 0 Å². The highest BCUT2D eigenvalue weighted by atomic mass is 35.5. The summed E-state index contributed by atoms with van der Waals surface area (Å²) >= 11 is 12.0. The smallest absolute Gasteiger partial charge is 0.126 e. The zero-order valence-electron chi connectivity index (χ0n) is 10.4. The summed E-state index contributed by atoms with van der Waals surface area (Å²) in [4.78, 5) is 0. The van der Waals surface area contributed by atoms with Gasteiger partial charge in [0.05, 0.1) is 0 Å². The molecule has 0 bridgehead atoms. The average molecular weight is 312 g/mol. The van der Waals surface area contributed by atoms with Crippen LogP contribution in [0.15, 0.2) is 36.4 Å². The lowest BCUT2D eigenvalue weighted by Gasteiger charge is -2.30. The van der Waals surface area contributed by atoms with Crippen LogP contribution in [0.2, 0.25) is 10.0 Å². The van der Waals surface area contributed by atoms with E-state index in [-0.39, 0.29) is 18.0 Å². The average Bonchev–Trinajstić information content (AvgIpc) is 2.38. The summed E-state index contributed by atoms with van der Waals surface area (Å²) in [7, 11) is 0. The van der Waals surface area contributed by atoms with E-state index in [1.807, 2.05) is 0 Å². The van der Waals surface area contributed by atoms with Crippen molar-refractivity contribution in [2.45, 2.75) is 18.6 Å². The summed E-state index contributed by atoms with van der Waals surface area (Å²) in [6.07, 6.45) is 0.312. The molecule has 0 radical (unpaired) electrons. The molecule has 0 fully saturated rings. The molecular weight excluding hydrogens is 300 g/mol. The Hall–Kier alpha value is -1.29. The number of ether oxygens (including phenoxy) is 1. The van der Waals surface area contributed by atoms with E-state index in [0.717, 1.165) is 5.56 Å². The van der Waals surface area contributed by atoms with Gasteiger partial charge in [-0.05, 0) is 42.0 Å². The Morgan fingerprint density at radius 3 is 2.50 bits per heavy atom. The maximum absolute atomic E-state index is 13.2. The van der Waals surface area contributed by atoms with E-state index in [1.54, 1.807) is 24.3 Å². The maximum Gasteiger partial charge on any atom is 0.126 e. The van der Waals surface area contributed by atoms with Crippen LogP contribution in [-0.4, -0.2) is 0 Å². The van der Waals surface area contributed by atoms with Crippen LogP contribution in [-0.2, 0) is 0 Å². The van der Waals surface area contributed by atoms with E-state index >= 15 is 0 Å². The number of rotatable bonds is 1. The topological polar surface area (TPSA) is 35.2 Å². The third-order valence-corrected chi connectivity index (χ3v) is 3.80. The van der Waals surface area contributed by atoms with Gasteiger partial charge < -0.3 is 10.5 Å². The molecule has 2 nitrogen and oxygen atoms in total. The largest absolute Gasteiger partial charge is 0.485 e. The van der Waals surface area contributed by atoms with Crippen molar-refractivity contribution in [1.29, 1.82) is 0 Å². The lowest BCUT2D eigenvalue weighted by atomic mass is 9.93. The Kier molecular flexibility index (Phi) is 3.59. The molecule has 20 heavy (non-hydrogen) atoms.